The fourth-order valence-electron chi connectivity index (χ4n) is 1.58. The Bertz CT molecular complexity index is 478. The molecule has 0 aliphatic carbocycles. The van der Waals surface area contributed by atoms with Crippen molar-refractivity contribution in [2.75, 3.05) is 20.8 Å². The molecule has 0 atom stereocenters. The molecule has 0 unspecified atom stereocenters. The van der Waals surface area contributed by atoms with Gasteiger partial charge in [-0.15, -0.1) is 0 Å². The molecule has 0 saturated heterocycles. The minimum atomic E-state index is -0.801. The first-order chi connectivity index (χ1) is 8.97. The second-order valence-electron chi connectivity index (χ2n) is 3.75. The van der Waals surface area contributed by atoms with E-state index < -0.39 is 5.91 Å². The zero-order valence-electron chi connectivity index (χ0n) is 10.9. The molecule has 6 nitrogen and oxygen atoms in total. The molecule has 0 heterocycles. The van der Waals surface area contributed by atoms with E-state index in [4.69, 9.17) is 21.1 Å². The molecular weight excluding hydrogens is 274 g/mol. The predicted molar refractivity (Wildman–Crippen MR) is 69.3 cm³/mol. The predicted octanol–water partition coefficient (Wildman–Crippen LogP) is 2.30. The van der Waals surface area contributed by atoms with Gasteiger partial charge in [0.25, 0.3) is 5.91 Å². The first-order valence-electron chi connectivity index (χ1n) is 5.62. The Labute approximate surface area is 116 Å². The van der Waals surface area contributed by atoms with E-state index in [1.54, 1.807) is 6.92 Å². The smallest absolute Gasteiger partial charge is 0.282 e. The molecule has 0 radical (unpaired) electrons. The van der Waals surface area contributed by atoms with Gasteiger partial charge in [-0.1, -0.05) is 18.5 Å². The summed E-state index contributed by atoms with van der Waals surface area (Å²) >= 11 is 6.01. The number of nitrogens with zero attached hydrogens (tertiary/aromatic N) is 1. The molecule has 2 N–H and O–H groups in total. The summed E-state index contributed by atoms with van der Waals surface area (Å²) in [4.78, 5) is 12.0. The molecule has 0 aliphatic rings. The van der Waals surface area contributed by atoms with Crippen LogP contribution in [0.3, 0.4) is 0 Å². The quantitative estimate of drug-likeness (QED) is 0.642. The van der Waals surface area contributed by atoms with Gasteiger partial charge < -0.3 is 14.6 Å². The Hall–Kier alpha value is -1.66. The van der Waals surface area contributed by atoms with Crippen molar-refractivity contribution < 1.29 is 24.6 Å². The van der Waals surface area contributed by atoms with Gasteiger partial charge in [0.2, 0.25) is 0 Å². The highest BCUT2D eigenvalue weighted by Crippen LogP contribution is 2.42. The minimum absolute atomic E-state index is 0.112. The van der Waals surface area contributed by atoms with Gasteiger partial charge in [-0.25, -0.2) is 5.06 Å². The topological polar surface area (TPSA) is 79.2 Å². The molecule has 1 rings (SSSR count). The summed E-state index contributed by atoms with van der Waals surface area (Å²) in [5.41, 5.74) is -0.227. The molecule has 19 heavy (non-hydrogen) atoms. The van der Waals surface area contributed by atoms with E-state index in [9.17, 15) is 15.1 Å². The fourth-order valence-corrected chi connectivity index (χ4v) is 1.93. The van der Waals surface area contributed by atoms with Gasteiger partial charge in [0, 0.05) is 12.6 Å². The number of ether oxygens (including phenoxy) is 2. The van der Waals surface area contributed by atoms with Crippen molar-refractivity contribution >= 4 is 17.5 Å². The number of phenolic OH excluding ortho intramolecular Hbond substituents is 1. The van der Waals surface area contributed by atoms with Crippen molar-refractivity contribution in [3.63, 3.8) is 0 Å². The lowest BCUT2D eigenvalue weighted by atomic mass is 10.1. The van der Waals surface area contributed by atoms with Crippen LogP contribution < -0.4 is 9.47 Å². The minimum Gasteiger partial charge on any atom is -0.507 e. The number of hydrogen-bond donors (Lipinski definition) is 2. The standard InChI is InChI=1S/C12H16ClNO5/c1-4-5-14(17)12(16)9-7(15)6-8(18-2)11(19-3)10(9)13/h6,15,17H,4-5H2,1-3H3. The first-order valence-corrected chi connectivity index (χ1v) is 5.99. The van der Waals surface area contributed by atoms with Crippen molar-refractivity contribution in [2.45, 2.75) is 13.3 Å². The van der Waals surface area contributed by atoms with Gasteiger partial charge in [-0.3, -0.25) is 10.0 Å². The van der Waals surface area contributed by atoms with E-state index in [-0.39, 0.29) is 34.4 Å². The third-order valence-electron chi connectivity index (χ3n) is 2.47. The van der Waals surface area contributed by atoms with Gasteiger partial charge in [-0.2, -0.15) is 0 Å². The van der Waals surface area contributed by atoms with Gasteiger partial charge in [-0.05, 0) is 6.42 Å². The van der Waals surface area contributed by atoms with Gasteiger partial charge in [0.15, 0.2) is 11.5 Å². The number of carbonyl (C=O) groups excluding carboxylic acids is 1. The molecule has 0 aromatic heterocycles. The molecule has 0 fully saturated rings. The summed E-state index contributed by atoms with van der Waals surface area (Å²) < 4.78 is 10.0. The average Bonchev–Trinajstić information content (AvgIpc) is 2.38. The Morgan fingerprint density at radius 3 is 2.53 bits per heavy atom. The van der Waals surface area contributed by atoms with Crippen LogP contribution in [-0.4, -0.2) is 42.0 Å². The Kier molecular flexibility index (Phi) is 5.26. The van der Waals surface area contributed by atoms with Crippen LogP contribution in [0.15, 0.2) is 6.07 Å². The van der Waals surface area contributed by atoms with Crippen LogP contribution in [0.1, 0.15) is 23.7 Å². The zero-order chi connectivity index (χ0) is 14.6. The Morgan fingerprint density at radius 1 is 1.42 bits per heavy atom. The van der Waals surface area contributed by atoms with Crippen LogP contribution in [0.2, 0.25) is 5.02 Å². The number of amides is 1. The summed E-state index contributed by atoms with van der Waals surface area (Å²) in [5.74, 6) is -0.871. The highest BCUT2D eigenvalue weighted by molar-refractivity contribution is 6.36. The number of rotatable bonds is 5. The maximum Gasteiger partial charge on any atom is 0.282 e. The third-order valence-corrected chi connectivity index (χ3v) is 2.83. The summed E-state index contributed by atoms with van der Waals surface area (Å²) in [6.07, 6.45) is 0.563. The number of benzene rings is 1. The largest absolute Gasteiger partial charge is 0.507 e. The zero-order valence-corrected chi connectivity index (χ0v) is 11.7. The van der Waals surface area contributed by atoms with Crippen LogP contribution >= 0.6 is 11.6 Å². The summed E-state index contributed by atoms with van der Waals surface area (Å²) in [5, 5.41) is 19.8. The number of hydroxylamine groups is 2. The lowest BCUT2D eigenvalue weighted by molar-refractivity contribution is -0.0580. The van der Waals surface area contributed by atoms with Crippen LogP contribution in [0.25, 0.3) is 0 Å². The van der Waals surface area contributed by atoms with E-state index in [1.165, 1.54) is 20.3 Å². The molecule has 1 aromatic rings. The van der Waals surface area contributed by atoms with Crippen molar-refractivity contribution in [1.29, 1.82) is 0 Å². The number of phenols is 1. The number of hydrogen-bond acceptors (Lipinski definition) is 5. The van der Waals surface area contributed by atoms with Crippen LogP contribution in [-0.2, 0) is 0 Å². The van der Waals surface area contributed by atoms with Crippen molar-refractivity contribution in [3.8, 4) is 17.2 Å². The molecule has 106 valence electrons. The van der Waals surface area contributed by atoms with Gasteiger partial charge >= 0.3 is 0 Å². The van der Waals surface area contributed by atoms with Crippen molar-refractivity contribution in [2.24, 2.45) is 0 Å². The normalized spacial score (nSPS) is 10.2. The van der Waals surface area contributed by atoms with Gasteiger partial charge in [0.05, 0.1) is 14.2 Å². The van der Waals surface area contributed by atoms with Crippen LogP contribution in [0.4, 0.5) is 0 Å². The molecule has 0 spiro atoms. The monoisotopic (exact) mass is 289 g/mol. The maximum absolute atomic E-state index is 12.0. The second-order valence-corrected chi connectivity index (χ2v) is 4.13. The summed E-state index contributed by atoms with van der Waals surface area (Å²) in [6.45, 7) is 1.93. The lowest BCUT2D eigenvalue weighted by Gasteiger charge is -2.18. The van der Waals surface area contributed by atoms with E-state index in [0.717, 1.165) is 0 Å². The highest BCUT2D eigenvalue weighted by Gasteiger charge is 2.26. The molecule has 0 saturated carbocycles. The number of aromatic hydroxyl groups is 1. The number of methoxy groups -OCH3 is 2. The van der Waals surface area contributed by atoms with Gasteiger partial charge in [0.1, 0.15) is 16.3 Å². The van der Waals surface area contributed by atoms with Crippen LogP contribution in [0, 0.1) is 0 Å². The van der Waals surface area contributed by atoms with Crippen molar-refractivity contribution in [3.05, 3.63) is 16.7 Å². The summed E-state index contributed by atoms with van der Waals surface area (Å²) in [7, 11) is 2.74. The third kappa shape index (κ3) is 3.02. The Morgan fingerprint density at radius 2 is 2.05 bits per heavy atom. The van der Waals surface area contributed by atoms with Crippen molar-refractivity contribution in [1.82, 2.24) is 5.06 Å². The summed E-state index contributed by atoms with van der Waals surface area (Å²) in [6, 6.07) is 1.21. The molecule has 0 aliphatic heterocycles. The number of carbonyl (C=O) groups is 1. The van der Waals surface area contributed by atoms with E-state index >= 15 is 0 Å². The Balaban J connectivity index is 3.32. The first kappa shape index (κ1) is 15.4. The average molecular weight is 290 g/mol. The van der Waals surface area contributed by atoms with E-state index in [1.807, 2.05) is 0 Å². The second kappa shape index (κ2) is 6.49. The molecule has 1 amide bonds. The number of halogens is 1. The molecule has 1 aromatic carbocycles. The molecule has 0 bridgehead atoms. The lowest BCUT2D eigenvalue weighted by Crippen LogP contribution is -2.28. The maximum atomic E-state index is 12.0. The van der Waals surface area contributed by atoms with Crippen LogP contribution in [0.5, 0.6) is 17.2 Å². The fraction of sp³-hybridized carbons (Fsp3) is 0.417. The highest BCUT2D eigenvalue weighted by atomic mass is 35.5. The van der Waals surface area contributed by atoms with E-state index in [2.05, 4.69) is 0 Å². The van der Waals surface area contributed by atoms with E-state index in [0.29, 0.717) is 11.5 Å². The molecule has 7 heteroatoms. The SMILES string of the molecule is CCCN(O)C(=O)c1c(O)cc(OC)c(OC)c1Cl. The molecular formula is C12H16ClNO5.